The first kappa shape index (κ1) is 20.9. The Bertz CT molecular complexity index is 779. The highest BCUT2D eigenvalue weighted by Crippen LogP contribution is 2.16. The monoisotopic (exact) mass is 406 g/mol. The first-order valence-electron chi connectivity index (χ1n) is 11.4. The van der Waals surface area contributed by atoms with E-state index in [0.29, 0.717) is 6.54 Å². The van der Waals surface area contributed by atoms with Crippen molar-refractivity contribution in [3.8, 4) is 0 Å². The quantitative estimate of drug-likeness (QED) is 0.766. The van der Waals surface area contributed by atoms with Gasteiger partial charge in [-0.2, -0.15) is 0 Å². The van der Waals surface area contributed by atoms with Gasteiger partial charge < -0.3 is 10.2 Å². The summed E-state index contributed by atoms with van der Waals surface area (Å²) >= 11 is 0. The number of benzene rings is 2. The number of carbonyl (C=O) groups is 1. The minimum Gasteiger partial charge on any atom is -0.369 e. The van der Waals surface area contributed by atoms with Crippen LogP contribution < -0.4 is 10.2 Å². The minimum absolute atomic E-state index is 0.0300. The number of rotatable bonds is 7. The van der Waals surface area contributed by atoms with E-state index in [2.05, 4.69) is 62.5 Å². The van der Waals surface area contributed by atoms with Crippen molar-refractivity contribution < 1.29 is 4.79 Å². The number of hydrogen-bond donors (Lipinski definition) is 1. The summed E-state index contributed by atoms with van der Waals surface area (Å²) in [6, 6.07) is 18.7. The number of anilines is 1. The molecule has 0 atom stereocenters. The normalized spacial score (nSPS) is 18.3. The van der Waals surface area contributed by atoms with Gasteiger partial charge in [0, 0.05) is 57.1 Å². The Balaban J connectivity index is 1.16. The summed E-state index contributed by atoms with van der Waals surface area (Å²) in [7, 11) is 0. The number of piperidine rings is 1. The molecule has 0 radical (unpaired) electrons. The van der Waals surface area contributed by atoms with Gasteiger partial charge in [0.25, 0.3) is 5.91 Å². The van der Waals surface area contributed by atoms with Crippen LogP contribution in [0.2, 0.25) is 0 Å². The molecule has 1 amide bonds. The van der Waals surface area contributed by atoms with Crippen molar-refractivity contribution in [2.75, 3.05) is 57.3 Å². The second-order valence-electron chi connectivity index (χ2n) is 8.45. The van der Waals surface area contributed by atoms with Crippen LogP contribution in [0.25, 0.3) is 0 Å². The molecule has 30 heavy (non-hydrogen) atoms. The van der Waals surface area contributed by atoms with Crippen LogP contribution >= 0.6 is 0 Å². The molecule has 0 saturated carbocycles. The van der Waals surface area contributed by atoms with Crippen molar-refractivity contribution in [3.05, 3.63) is 65.7 Å². The summed E-state index contributed by atoms with van der Waals surface area (Å²) in [6.45, 7) is 9.14. The number of likely N-dealkylation sites (tertiary alicyclic amines) is 1. The third-order valence-corrected chi connectivity index (χ3v) is 6.28. The molecule has 4 rings (SSSR count). The van der Waals surface area contributed by atoms with E-state index in [4.69, 9.17) is 0 Å². The van der Waals surface area contributed by atoms with Crippen LogP contribution in [-0.4, -0.2) is 68.1 Å². The van der Waals surface area contributed by atoms with Crippen LogP contribution in [0.5, 0.6) is 0 Å². The number of amides is 1. The van der Waals surface area contributed by atoms with E-state index in [9.17, 15) is 4.79 Å². The first-order chi connectivity index (χ1) is 14.8. The molecule has 5 nitrogen and oxygen atoms in total. The second-order valence-corrected chi connectivity index (χ2v) is 8.45. The summed E-state index contributed by atoms with van der Waals surface area (Å²) < 4.78 is 0. The first-order valence-corrected chi connectivity index (χ1v) is 11.4. The van der Waals surface area contributed by atoms with Crippen molar-refractivity contribution in [3.63, 3.8) is 0 Å². The van der Waals surface area contributed by atoms with E-state index in [1.165, 1.54) is 43.6 Å². The molecule has 0 spiro atoms. The number of nitrogens with one attached hydrogen (secondary N) is 1. The van der Waals surface area contributed by atoms with Crippen molar-refractivity contribution in [1.82, 2.24) is 15.1 Å². The van der Waals surface area contributed by atoms with Gasteiger partial charge >= 0.3 is 0 Å². The molecular formula is C25H34N4O. The van der Waals surface area contributed by atoms with Gasteiger partial charge in [-0.15, -0.1) is 0 Å². The average molecular weight is 407 g/mol. The Morgan fingerprint density at radius 3 is 2.17 bits per heavy atom. The van der Waals surface area contributed by atoms with Gasteiger partial charge in [0.1, 0.15) is 0 Å². The molecule has 2 heterocycles. The van der Waals surface area contributed by atoms with Gasteiger partial charge in [0.2, 0.25) is 0 Å². The fourth-order valence-electron chi connectivity index (χ4n) is 4.44. The Hall–Kier alpha value is -2.37. The summed E-state index contributed by atoms with van der Waals surface area (Å²) in [5, 5.41) is 3.09. The van der Waals surface area contributed by atoms with Crippen LogP contribution in [0.4, 0.5) is 5.69 Å². The van der Waals surface area contributed by atoms with Crippen LogP contribution in [0.3, 0.4) is 0 Å². The van der Waals surface area contributed by atoms with Crippen LogP contribution in [-0.2, 0) is 6.54 Å². The predicted molar refractivity (Wildman–Crippen MR) is 123 cm³/mol. The summed E-state index contributed by atoms with van der Waals surface area (Å²) in [6.07, 6.45) is 3.97. The lowest BCUT2D eigenvalue weighted by Gasteiger charge is -2.36. The average Bonchev–Trinajstić information content (AvgIpc) is 2.81. The van der Waals surface area contributed by atoms with Crippen molar-refractivity contribution in [2.24, 2.45) is 0 Å². The van der Waals surface area contributed by atoms with Gasteiger partial charge in [0.15, 0.2) is 0 Å². The maximum atomic E-state index is 12.5. The summed E-state index contributed by atoms with van der Waals surface area (Å²) in [4.78, 5) is 19.8. The Labute approximate surface area is 180 Å². The lowest BCUT2D eigenvalue weighted by atomic mass is 10.1. The molecule has 2 aromatic rings. The number of piperazine rings is 1. The van der Waals surface area contributed by atoms with Gasteiger partial charge in [-0.1, -0.05) is 36.8 Å². The van der Waals surface area contributed by atoms with Crippen LogP contribution in [0.1, 0.15) is 35.2 Å². The van der Waals surface area contributed by atoms with Gasteiger partial charge in [-0.25, -0.2) is 0 Å². The van der Waals surface area contributed by atoms with E-state index in [0.717, 1.165) is 44.8 Å². The highest BCUT2D eigenvalue weighted by Gasteiger charge is 2.17. The standard InChI is InChI=1S/C25H34N4O/c30-25(23-11-9-22(10-12-23)21-28-14-5-2-6-15-28)26-13-16-27-17-19-29(20-18-27)24-7-3-1-4-8-24/h1,3-4,7-12H,2,5-6,13-21H2,(H,26,30). The highest BCUT2D eigenvalue weighted by molar-refractivity contribution is 5.94. The smallest absolute Gasteiger partial charge is 0.251 e. The zero-order chi connectivity index (χ0) is 20.6. The third kappa shape index (κ3) is 5.83. The maximum Gasteiger partial charge on any atom is 0.251 e. The van der Waals surface area contributed by atoms with E-state index in [1.807, 2.05) is 12.1 Å². The third-order valence-electron chi connectivity index (χ3n) is 6.28. The molecule has 2 aliphatic rings. The van der Waals surface area contributed by atoms with E-state index >= 15 is 0 Å². The van der Waals surface area contributed by atoms with E-state index in [-0.39, 0.29) is 5.91 Å². The fraction of sp³-hybridized carbons (Fsp3) is 0.480. The molecule has 2 fully saturated rings. The van der Waals surface area contributed by atoms with E-state index < -0.39 is 0 Å². The largest absolute Gasteiger partial charge is 0.369 e. The van der Waals surface area contributed by atoms with Crippen LogP contribution in [0.15, 0.2) is 54.6 Å². The zero-order valence-electron chi connectivity index (χ0n) is 17.9. The molecule has 0 bridgehead atoms. The Morgan fingerprint density at radius 1 is 0.767 bits per heavy atom. The van der Waals surface area contributed by atoms with Crippen molar-refractivity contribution in [1.29, 1.82) is 0 Å². The number of hydrogen-bond acceptors (Lipinski definition) is 4. The lowest BCUT2D eigenvalue weighted by molar-refractivity contribution is 0.0947. The molecule has 2 saturated heterocycles. The molecule has 0 unspecified atom stereocenters. The number of nitrogens with zero attached hydrogens (tertiary/aromatic N) is 3. The number of para-hydroxylation sites is 1. The molecule has 2 aromatic carbocycles. The maximum absolute atomic E-state index is 12.5. The molecule has 0 aliphatic carbocycles. The molecule has 160 valence electrons. The fourth-order valence-corrected chi connectivity index (χ4v) is 4.44. The Morgan fingerprint density at radius 2 is 1.47 bits per heavy atom. The highest BCUT2D eigenvalue weighted by atomic mass is 16.1. The lowest BCUT2D eigenvalue weighted by Crippen LogP contribution is -2.48. The Kier molecular flexibility index (Phi) is 7.38. The predicted octanol–water partition coefficient (Wildman–Crippen LogP) is 3.22. The SMILES string of the molecule is O=C(NCCN1CCN(c2ccccc2)CC1)c1ccc(CN2CCCCC2)cc1. The molecule has 0 aromatic heterocycles. The van der Waals surface area contributed by atoms with Crippen LogP contribution in [0, 0.1) is 0 Å². The number of carbonyl (C=O) groups excluding carboxylic acids is 1. The molecule has 5 heteroatoms. The minimum atomic E-state index is 0.0300. The molecular weight excluding hydrogens is 372 g/mol. The van der Waals surface area contributed by atoms with Crippen molar-refractivity contribution in [2.45, 2.75) is 25.8 Å². The van der Waals surface area contributed by atoms with Gasteiger partial charge in [0.05, 0.1) is 0 Å². The second kappa shape index (κ2) is 10.6. The molecule has 2 aliphatic heterocycles. The topological polar surface area (TPSA) is 38.8 Å². The zero-order valence-corrected chi connectivity index (χ0v) is 17.9. The summed E-state index contributed by atoms with van der Waals surface area (Å²) in [5.74, 6) is 0.0300. The molecule has 1 N–H and O–H groups in total. The van der Waals surface area contributed by atoms with E-state index in [1.54, 1.807) is 0 Å². The summed E-state index contributed by atoms with van der Waals surface area (Å²) in [5.41, 5.74) is 3.35. The van der Waals surface area contributed by atoms with Gasteiger partial charge in [-0.05, 0) is 55.8 Å². The van der Waals surface area contributed by atoms with Gasteiger partial charge in [-0.3, -0.25) is 14.6 Å². The van der Waals surface area contributed by atoms with Crippen molar-refractivity contribution >= 4 is 11.6 Å².